The Hall–Kier alpha value is -1.28. The summed E-state index contributed by atoms with van der Waals surface area (Å²) in [5.41, 5.74) is 2.80. The molecule has 0 saturated carbocycles. The summed E-state index contributed by atoms with van der Waals surface area (Å²) in [5, 5.41) is 0. The minimum atomic E-state index is 1.10. The van der Waals surface area contributed by atoms with Crippen LogP contribution in [0.3, 0.4) is 0 Å². The summed E-state index contributed by atoms with van der Waals surface area (Å²) in [4.78, 5) is 5.40. The van der Waals surface area contributed by atoms with Crippen molar-refractivity contribution >= 4 is 11.8 Å². The largest absolute Gasteiger partial charge is 0.265 e. The Morgan fingerprint density at radius 1 is 0.889 bits per heavy atom. The van der Waals surface area contributed by atoms with E-state index in [2.05, 4.69) is 48.3 Å². The van der Waals surface area contributed by atoms with Crippen LogP contribution in [-0.2, 0) is 12.8 Å². The Bertz CT molecular complexity index is 450. The summed E-state index contributed by atoms with van der Waals surface area (Å²) in [6.07, 6.45) is 7.22. The van der Waals surface area contributed by atoms with Gasteiger partial charge in [-0.1, -0.05) is 25.5 Å². The average Bonchev–Trinajstić information content (AvgIpc) is 2.42. The Balaban J connectivity index is 1.80. The second kappa shape index (κ2) is 7.22. The van der Waals surface area contributed by atoms with E-state index in [1.807, 2.05) is 24.2 Å². The summed E-state index contributed by atoms with van der Waals surface area (Å²) in [6, 6.07) is 13.1. The molecule has 1 aromatic heterocycles. The van der Waals surface area contributed by atoms with Crippen molar-refractivity contribution in [2.24, 2.45) is 0 Å². The molecular weight excluding hydrogens is 238 g/mol. The second-order valence-electron chi connectivity index (χ2n) is 4.35. The molecule has 2 heteroatoms. The number of aryl methyl sites for hydroxylation is 2. The summed E-state index contributed by atoms with van der Waals surface area (Å²) in [7, 11) is 0. The maximum absolute atomic E-state index is 4.03. The number of benzene rings is 1. The Kier molecular flexibility index (Phi) is 5.28. The van der Waals surface area contributed by atoms with E-state index in [1.165, 1.54) is 28.9 Å². The molecule has 0 atom stereocenters. The first kappa shape index (κ1) is 13.2. The van der Waals surface area contributed by atoms with E-state index < -0.39 is 0 Å². The van der Waals surface area contributed by atoms with E-state index in [4.69, 9.17) is 0 Å². The molecule has 2 aromatic rings. The Morgan fingerprint density at radius 3 is 2.22 bits per heavy atom. The van der Waals surface area contributed by atoms with Crippen molar-refractivity contribution in [2.75, 3.05) is 5.75 Å². The van der Waals surface area contributed by atoms with Gasteiger partial charge < -0.3 is 0 Å². The molecule has 1 heterocycles. The fourth-order valence-corrected chi connectivity index (χ4v) is 2.78. The van der Waals surface area contributed by atoms with Gasteiger partial charge in [-0.3, -0.25) is 4.98 Å². The van der Waals surface area contributed by atoms with Crippen LogP contribution in [0.1, 0.15) is 24.5 Å². The lowest BCUT2D eigenvalue weighted by molar-refractivity contribution is 0.920. The quantitative estimate of drug-likeness (QED) is 0.713. The van der Waals surface area contributed by atoms with Crippen molar-refractivity contribution in [3.05, 3.63) is 59.9 Å². The minimum Gasteiger partial charge on any atom is -0.265 e. The molecule has 0 unspecified atom stereocenters. The van der Waals surface area contributed by atoms with Crippen LogP contribution in [0, 0.1) is 0 Å². The molecular formula is C16H19NS. The highest BCUT2D eigenvalue weighted by Gasteiger charge is 1.97. The molecule has 0 amide bonds. The van der Waals surface area contributed by atoms with E-state index in [1.54, 1.807) is 0 Å². The van der Waals surface area contributed by atoms with Gasteiger partial charge in [0, 0.05) is 23.0 Å². The average molecular weight is 257 g/mol. The van der Waals surface area contributed by atoms with E-state index in [0.717, 1.165) is 12.2 Å². The molecule has 0 fully saturated rings. The highest BCUT2D eigenvalue weighted by molar-refractivity contribution is 7.99. The monoisotopic (exact) mass is 257 g/mol. The van der Waals surface area contributed by atoms with Crippen LogP contribution >= 0.6 is 11.8 Å². The molecule has 0 radical (unpaired) electrons. The first-order chi connectivity index (χ1) is 8.88. The van der Waals surface area contributed by atoms with Gasteiger partial charge in [-0.05, 0) is 48.2 Å². The van der Waals surface area contributed by atoms with Crippen molar-refractivity contribution in [3.8, 4) is 0 Å². The van der Waals surface area contributed by atoms with Crippen molar-refractivity contribution < 1.29 is 0 Å². The van der Waals surface area contributed by atoms with Crippen LogP contribution in [0.15, 0.2) is 53.7 Å². The maximum Gasteiger partial charge on any atom is 0.0270 e. The van der Waals surface area contributed by atoms with Gasteiger partial charge in [-0.15, -0.1) is 11.8 Å². The number of pyridine rings is 1. The zero-order valence-electron chi connectivity index (χ0n) is 10.8. The zero-order valence-corrected chi connectivity index (χ0v) is 11.6. The molecule has 1 nitrogen and oxygen atoms in total. The maximum atomic E-state index is 4.03. The van der Waals surface area contributed by atoms with Crippen LogP contribution in [0.5, 0.6) is 0 Å². The smallest absolute Gasteiger partial charge is 0.0270 e. The molecule has 0 aliphatic heterocycles. The van der Waals surface area contributed by atoms with Gasteiger partial charge in [0.05, 0.1) is 0 Å². The SMILES string of the molecule is CCCc1ccc(SCCc2ccncc2)cc1. The highest BCUT2D eigenvalue weighted by atomic mass is 32.2. The van der Waals surface area contributed by atoms with E-state index in [9.17, 15) is 0 Å². The fourth-order valence-electron chi connectivity index (χ4n) is 1.88. The van der Waals surface area contributed by atoms with Gasteiger partial charge in [0.1, 0.15) is 0 Å². The van der Waals surface area contributed by atoms with Crippen LogP contribution in [-0.4, -0.2) is 10.7 Å². The number of thioether (sulfide) groups is 1. The molecule has 1 aromatic carbocycles. The van der Waals surface area contributed by atoms with E-state index >= 15 is 0 Å². The standard InChI is InChI=1S/C16H19NS/c1-2-3-14-4-6-16(7-5-14)18-13-10-15-8-11-17-12-9-15/h4-9,11-12H,2-3,10,13H2,1H3. The predicted octanol–water partition coefficient (Wildman–Crippen LogP) is 4.37. The van der Waals surface area contributed by atoms with Crippen LogP contribution in [0.4, 0.5) is 0 Å². The van der Waals surface area contributed by atoms with E-state index in [-0.39, 0.29) is 0 Å². The number of rotatable bonds is 6. The molecule has 94 valence electrons. The minimum absolute atomic E-state index is 1.10. The third kappa shape index (κ3) is 4.19. The van der Waals surface area contributed by atoms with Crippen molar-refractivity contribution in [2.45, 2.75) is 31.1 Å². The third-order valence-electron chi connectivity index (χ3n) is 2.87. The van der Waals surface area contributed by atoms with Crippen molar-refractivity contribution in [1.82, 2.24) is 4.98 Å². The lowest BCUT2D eigenvalue weighted by Crippen LogP contribution is -1.89. The van der Waals surface area contributed by atoms with Crippen LogP contribution in [0.2, 0.25) is 0 Å². The van der Waals surface area contributed by atoms with Gasteiger partial charge in [0.25, 0.3) is 0 Å². The topological polar surface area (TPSA) is 12.9 Å². The second-order valence-corrected chi connectivity index (χ2v) is 5.52. The molecule has 0 aliphatic carbocycles. The summed E-state index contributed by atoms with van der Waals surface area (Å²) in [5.74, 6) is 1.12. The Morgan fingerprint density at radius 2 is 1.56 bits per heavy atom. The first-order valence-electron chi connectivity index (χ1n) is 6.49. The van der Waals surface area contributed by atoms with Gasteiger partial charge in [0.2, 0.25) is 0 Å². The number of aromatic nitrogens is 1. The molecule has 18 heavy (non-hydrogen) atoms. The number of hydrogen-bond donors (Lipinski definition) is 0. The van der Waals surface area contributed by atoms with E-state index in [0.29, 0.717) is 0 Å². The van der Waals surface area contributed by atoms with Crippen molar-refractivity contribution in [1.29, 1.82) is 0 Å². The molecule has 0 N–H and O–H groups in total. The lowest BCUT2D eigenvalue weighted by Gasteiger charge is -2.03. The molecule has 0 aliphatic rings. The summed E-state index contributed by atoms with van der Waals surface area (Å²) >= 11 is 1.92. The van der Waals surface area contributed by atoms with Gasteiger partial charge in [0.15, 0.2) is 0 Å². The van der Waals surface area contributed by atoms with Gasteiger partial charge >= 0.3 is 0 Å². The fraction of sp³-hybridized carbons (Fsp3) is 0.312. The molecule has 2 rings (SSSR count). The number of hydrogen-bond acceptors (Lipinski definition) is 2. The van der Waals surface area contributed by atoms with Crippen LogP contribution < -0.4 is 0 Å². The summed E-state index contributed by atoms with van der Waals surface area (Å²) in [6.45, 7) is 2.22. The molecule has 0 saturated heterocycles. The highest BCUT2D eigenvalue weighted by Crippen LogP contribution is 2.20. The first-order valence-corrected chi connectivity index (χ1v) is 7.47. The van der Waals surface area contributed by atoms with Gasteiger partial charge in [-0.2, -0.15) is 0 Å². The summed E-state index contributed by atoms with van der Waals surface area (Å²) < 4.78 is 0. The van der Waals surface area contributed by atoms with Crippen LogP contribution in [0.25, 0.3) is 0 Å². The number of nitrogens with zero attached hydrogens (tertiary/aromatic N) is 1. The third-order valence-corrected chi connectivity index (χ3v) is 3.88. The zero-order chi connectivity index (χ0) is 12.6. The molecule has 0 spiro atoms. The molecule has 0 bridgehead atoms. The Labute approximate surface area is 114 Å². The lowest BCUT2D eigenvalue weighted by atomic mass is 10.1. The van der Waals surface area contributed by atoms with Gasteiger partial charge in [-0.25, -0.2) is 0 Å². The van der Waals surface area contributed by atoms with Crippen molar-refractivity contribution in [3.63, 3.8) is 0 Å². The normalized spacial score (nSPS) is 10.5. The predicted molar refractivity (Wildman–Crippen MR) is 79.1 cm³/mol.